The van der Waals surface area contributed by atoms with E-state index in [0.29, 0.717) is 13.0 Å². The van der Waals surface area contributed by atoms with Crippen LogP contribution in [-0.4, -0.2) is 59.2 Å². The van der Waals surface area contributed by atoms with Crippen LogP contribution in [0.2, 0.25) is 0 Å². The van der Waals surface area contributed by atoms with Gasteiger partial charge in [0.15, 0.2) is 5.78 Å². The number of hydrogen-bond donors (Lipinski definition) is 1. The van der Waals surface area contributed by atoms with Crippen LogP contribution in [-0.2, 0) is 33.5 Å². The quantitative estimate of drug-likeness (QED) is 0.196. The van der Waals surface area contributed by atoms with E-state index in [2.05, 4.69) is 13.8 Å². The first-order valence-electron chi connectivity index (χ1n) is 14.5. The van der Waals surface area contributed by atoms with Crippen LogP contribution in [0.5, 0.6) is 0 Å². The lowest BCUT2D eigenvalue weighted by molar-refractivity contribution is -0.150. The Balaban J connectivity index is 1.82. The molecule has 9 nitrogen and oxygen atoms in total. The van der Waals surface area contributed by atoms with Crippen molar-refractivity contribution in [2.75, 3.05) is 13.2 Å². The number of rotatable bonds is 14. The van der Waals surface area contributed by atoms with Gasteiger partial charge in [-0.1, -0.05) is 60.0 Å². The number of piperidine rings is 1. The topological polar surface area (TPSA) is 141 Å². The Hall–Kier alpha value is -2.84. The number of carbonyl (C=O) groups excluding carboxylic acids is 6. The van der Waals surface area contributed by atoms with Gasteiger partial charge in [-0.15, -0.1) is 0 Å². The number of carbonyl (C=O) groups is 6. The van der Waals surface area contributed by atoms with Gasteiger partial charge < -0.3 is 15.4 Å². The van der Waals surface area contributed by atoms with Gasteiger partial charge in [0.1, 0.15) is 12.4 Å². The fourth-order valence-corrected chi connectivity index (χ4v) is 6.62. The molecule has 1 saturated heterocycles. The van der Waals surface area contributed by atoms with Gasteiger partial charge in [-0.3, -0.25) is 24.0 Å². The second-order valence-corrected chi connectivity index (χ2v) is 13.8. The van der Waals surface area contributed by atoms with Crippen molar-refractivity contribution in [2.24, 2.45) is 46.2 Å². The van der Waals surface area contributed by atoms with Crippen LogP contribution < -0.4 is 5.73 Å². The molecular weight excluding hydrogens is 512 g/mol. The van der Waals surface area contributed by atoms with Crippen molar-refractivity contribution < 1.29 is 33.5 Å². The van der Waals surface area contributed by atoms with Crippen molar-refractivity contribution in [3.8, 4) is 0 Å². The Bertz CT molecular complexity index is 1070. The Morgan fingerprint density at radius 2 is 1.70 bits per heavy atom. The normalized spacial score (nSPS) is 25.1. The minimum atomic E-state index is -1.04. The standard InChI is InChI=1S/C31H46N2O7/c1-7-9-24(36)40-17-20(13-21(34)15-30(2,3)4)29(39)33-16-22-25(31(22,5)6)26(33)23(35)14-19(27(37)28(32)38)12-18-10-8-11-18/h7,9,18-20,22,25-26H,8,10-17H2,1-6H3,(H2,32,38)/b9-7+/t19?,20-,22?,25-,26?/m0/s1. The summed E-state index contributed by atoms with van der Waals surface area (Å²) >= 11 is 0. The van der Waals surface area contributed by atoms with Crippen LogP contribution in [0.25, 0.3) is 0 Å². The summed E-state index contributed by atoms with van der Waals surface area (Å²) in [5, 5.41) is 0. The van der Waals surface area contributed by atoms with E-state index in [1.54, 1.807) is 6.92 Å². The largest absolute Gasteiger partial charge is 0.462 e. The summed E-state index contributed by atoms with van der Waals surface area (Å²) in [5.74, 6) is -4.53. The van der Waals surface area contributed by atoms with Crippen molar-refractivity contribution in [1.29, 1.82) is 0 Å². The van der Waals surface area contributed by atoms with E-state index in [1.807, 2.05) is 20.8 Å². The molecule has 222 valence electrons. The molecule has 0 aromatic heterocycles. The molecule has 3 aliphatic rings. The molecule has 0 aromatic rings. The lowest BCUT2D eigenvalue weighted by Gasteiger charge is -2.34. The van der Waals surface area contributed by atoms with Crippen LogP contribution in [0.15, 0.2) is 12.2 Å². The fraction of sp³-hybridized carbons (Fsp3) is 0.742. The molecule has 0 spiro atoms. The SMILES string of the molecule is C/C=C/C(=O)OC[C@H](CC(=O)CC(C)(C)C)C(=O)N1CC2[C@@H](C1C(=O)CC(CC1CCC1)C(=O)C(N)=O)C2(C)C. The van der Waals surface area contributed by atoms with Crippen LogP contribution in [0.1, 0.15) is 86.5 Å². The number of esters is 1. The summed E-state index contributed by atoms with van der Waals surface area (Å²) in [6.07, 6.45) is 6.22. The third-order valence-corrected chi connectivity index (χ3v) is 9.01. The van der Waals surface area contributed by atoms with Gasteiger partial charge in [0.05, 0.1) is 12.0 Å². The number of nitrogens with two attached hydrogens (primary N) is 1. The molecule has 3 fully saturated rings. The molecule has 0 radical (unpaired) electrons. The van der Waals surface area contributed by atoms with E-state index in [9.17, 15) is 28.8 Å². The zero-order chi connectivity index (χ0) is 30.0. The number of Topliss-reactive ketones (excluding diaryl/α,β-unsaturated/α-hetero) is 3. The highest BCUT2D eigenvalue weighted by atomic mass is 16.5. The molecule has 1 heterocycles. The minimum absolute atomic E-state index is 0.0755. The molecule has 3 rings (SSSR count). The van der Waals surface area contributed by atoms with Gasteiger partial charge in [0.25, 0.3) is 5.91 Å². The average Bonchev–Trinajstić information content (AvgIpc) is 3.14. The molecule has 2 N–H and O–H groups in total. The molecule has 2 saturated carbocycles. The molecule has 5 atom stereocenters. The predicted octanol–water partition coefficient (Wildman–Crippen LogP) is 3.42. The summed E-state index contributed by atoms with van der Waals surface area (Å²) in [6.45, 7) is 11.7. The second kappa shape index (κ2) is 12.4. The van der Waals surface area contributed by atoms with Gasteiger partial charge >= 0.3 is 5.97 Å². The summed E-state index contributed by atoms with van der Waals surface area (Å²) < 4.78 is 5.31. The number of allylic oxidation sites excluding steroid dienone is 1. The average molecular weight is 559 g/mol. The number of primary amides is 1. The molecule has 9 heteroatoms. The summed E-state index contributed by atoms with van der Waals surface area (Å²) in [7, 11) is 0. The molecule has 2 aliphatic carbocycles. The fourth-order valence-electron chi connectivity index (χ4n) is 6.62. The Morgan fingerprint density at radius 1 is 1.05 bits per heavy atom. The van der Waals surface area contributed by atoms with E-state index in [-0.39, 0.29) is 66.0 Å². The highest BCUT2D eigenvalue weighted by Crippen LogP contribution is 2.65. The lowest BCUT2D eigenvalue weighted by Crippen LogP contribution is -2.49. The smallest absolute Gasteiger partial charge is 0.330 e. The number of likely N-dealkylation sites (tertiary alicyclic amines) is 1. The molecular formula is C31H46N2O7. The van der Waals surface area contributed by atoms with Gasteiger partial charge in [-0.2, -0.15) is 0 Å². The van der Waals surface area contributed by atoms with E-state index < -0.39 is 41.4 Å². The first kappa shape index (κ1) is 31.7. The zero-order valence-corrected chi connectivity index (χ0v) is 24.9. The van der Waals surface area contributed by atoms with E-state index >= 15 is 0 Å². The second-order valence-electron chi connectivity index (χ2n) is 13.8. The maximum absolute atomic E-state index is 13.9. The monoisotopic (exact) mass is 558 g/mol. The van der Waals surface area contributed by atoms with Crippen LogP contribution in [0.3, 0.4) is 0 Å². The molecule has 40 heavy (non-hydrogen) atoms. The maximum Gasteiger partial charge on any atom is 0.330 e. The van der Waals surface area contributed by atoms with E-state index in [4.69, 9.17) is 10.5 Å². The Labute approximate surface area is 237 Å². The van der Waals surface area contributed by atoms with Crippen molar-refractivity contribution >= 4 is 35.1 Å². The summed E-state index contributed by atoms with van der Waals surface area (Å²) in [4.78, 5) is 78.7. The van der Waals surface area contributed by atoms with Gasteiger partial charge in [-0.05, 0) is 41.9 Å². The first-order chi connectivity index (χ1) is 18.6. The first-order valence-corrected chi connectivity index (χ1v) is 14.5. The van der Waals surface area contributed by atoms with Gasteiger partial charge in [0, 0.05) is 37.8 Å². The van der Waals surface area contributed by atoms with Crippen LogP contribution in [0.4, 0.5) is 0 Å². The van der Waals surface area contributed by atoms with E-state index in [0.717, 1.165) is 19.3 Å². The minimum Gasteiger partial charge on any atom is -0.462 e. The maximum atomic E-state index is 13.9. The van der Waals surface area contributed by atoms with Gasteiger partial charge in [-0.25, -0.2) is 4.79 Å². The molecule has 1 aliphatic heterocycles. The molecule has 3 unspecified atom stereocenters. The number of ether oxygens (including phenoxy) is 1. The Morgan fingerprint density at radius 3 is 2.23 bits per heavy atom. The number of hydrogen-bond acceptors (Lipinski definition) is 7. The molecule has 0 aromatic carbocycles. The number of nitrogens with zero attached hydrogens (tertiary/aromatic N) is 1. The highest BCUT2D eigenvalue weighted by Gasteiger charge is 2.69. The number of ketones is 3. The van der Waals surface area contributed by atoms with Crippen LogP contribution in [0, 0.1) is 40.4 Å². The van der Waals surface area contributed by atoms with Crippen molar-refractivity contribution in [3.05, 3.63) is 12.2 Å². The van der Waals surface area contributed by atoms with Crippen LogP contribution >= 0.6 is 0 Å². The Kier molecular flexibility index (Phi) is 9.78. The zero-order valence-electron chi connectivity index (χ0n) is 24.9. The summed E-state index contributed by atoms with van der Waals surface area (Å²) in [5.41, 5.74) is 4.90. The number of amides is 2. The third-order valence-electron chi connectivity index (χ3n) is 9.01. The third kappa shape index (κ3) is 7.46. The van der Waals surface area contributed by atoms with Crippen molar-refractivity contribution in [1.82, 2.24) is 4.90 Å². The van der Waals surface area contributed by atoms with Crippen molar-refractivity contribution in [3.63, 3.8) is 0 Å². The highest BCUT2D eigenvalue weighted by molar-refractivity contribution is 6.36. The van der Waals surface area contributed by atoms with E-state index in [1.165, 1.54) is 17.1 Å². The van der Waals surface area contributed by atoms with Gasteiger partial charge in [0.2, 0.25) is 11.7 Å². The summed E-state index contributed by atoms with van der Waals surface area (Å²) in [6, 6.07) is -0.761. The molecule has 0 bridgehead atoms. The number of fused-ring (bicyclic) bond motifs is 1. The van der Waals surface area contributed by atoms with Crippen molar-refractivity contribution in [2.45, 2.75) is 92.5 Å². The lowest BCUT2D eigenvalue weighted by atomic mass is 9.76. The predicted molar refractivity (Wildman–Crippen MR) is 148 cm³/mol. The molecule has 2 amide bonds.